The number of aliphatic hydroxyl groups is 2. The van der Waals surface area contributed by atoms with E-state index in [1.165, 1.54) is 0 Å². The minimum Gasteiger partial charge on any atom is -0.463 e. The van der Waals surface area contributed by atoms with Crippen molar-refractivity contribution < 1.29 is 34.2 Å². The second-order valence-corrected chi connectivity index (χ2v) is 3.62. The number of aliphatic hydroxyl groups excluding tert-OH is 2. The molecule has 0 aromatic rings. The molecule has 1 aliphatic rings. The van der Waals surface area contributed by atoms with Gasteiger partial charge in [-0.1, -0.05) is 0 Å². The molecule has 1 saturated heterocycles. The molecular formula is C10H15NO7. The molecule has 1 fully saturated rings. The summed E-state index contributed by atoms with van der Waals surface area (Å²) >= 11 is 0. The van der Waals surface area contributed by atoms with E-state index < -0.39 is 24.1 Å². The van der Waals surface area contributed by atoms with Crippen molar-refractivity contribution in [2.45, 2.75) is 32.0 Å². The Morgan fingerprint density at radius 3 is 2.50 bits per heavy atom. The molecule has 1 rings (SSSR count). The minimum atomic E-state index is -1.43. The third-order valence-electron chi connectivity index (χ3n) is 2.18. The summed E-state index contributed by atoms with van der Waals surface area (Å²) in [4.78, 5) is 38.0. The van der Waals surface area contributed by atoms with Gasteiger partial charge in [-0.2, -0.15) is 5.06 Å². The lowest BCUT2D eigenvalue weighted by atomic mass is 10.3. The summed E-state index contributed by atoms with van der Waals surface area (Å²) in [6.07, 6.45) is -1.56. The molecular weight excluding hydrogens is 246 g/mol. The first-order chi connectivity index (χ1) is 8.54. The van der Waals surface area contributed by atoms with Gasteiger partial charge in [-0.15, -0.1) is 0 Å². The number of nitrogens with zero attached hydrogens (tertiary/aromatic N) is 1. The molecule has 2 N–H and O–H groups in total. The highest BCUT2D eigenvalue weighted by Crippen LogP contribution is 2.14. The highest BCUT2D eigenvalue weighted by molar-refractivity contribution is 6.00. The van der Waals surface area contributed by atoms with Gasteiger partial charge in [-0.05, 0) is 0 Å². The van der Waals surface area contributed by atoms with Crippen molar-refractivity contribution in [2.24, 2.45) is 0 Å². The maximum atomic E-state index is 11.1. The number of imide groups is 1. The number of amides is 2. The SMILES string of the molecule is O=C(CCC(O)ON1C(=O)CCC1=O)OCCO. The zero-order valence-corrected chi connectivity index (χ0v) is 9.70. The van der Waals surface area contributed by atoms with Gasteiger partial charge >= 0.3 is 5.97 Å². The van der Waals surface area contributed by atoms with E-state index in [-0.39, 0.29) is 38.9 Å². The molecule has 0 radical (unpaired) electrons. The predicted octanol–water partition coefficient (Wildman–Crippen LogP) is -1.30. The van der Waals surface area contributed by atoms with Gasteiger partial charge in [0.25, 0.3) is 11.8 Å². The van der Waals surface area contributed by atoms with Gasteiger partial charge in [0.2, 0.25) is 0 Å². The fourth-order valence-corrected chi connectivity index (χ4v) is 1.32. The first-order valence-corrected chi connectivity index (χ1v) is 5.51. The summed E-state index contributed by atoms with van der Waals surface area (Å²) in [7, 11) is 0. The third-order valence-corrected chi connectivity index (χ3v) is 2.18. The molecule has 1 unspecified atom stereocenters. The van der Waals surface area contributed by atoms with Crippen LogP contribution in [-0.4, -0.2) is 52.6 Å². The van der Waals surface area contributed by atoms with Gasteiger partial charge in [-0.25, -0.2) is 4.84 Å². The molecule has 2 amide bonds. The number of carbonyl (C=O) groups is 3. The van der Waals surface area contributed by atoms with Gasteiger partial charge < -0.3 is 14.9 Å². The van der Waals surface area contributed by atoms with Crippen molar-refractivity contribution in [2.75, 3.05) is 13.2 Å². The minimum absolute atomic E-state index is 0.0596. The summed E-state index contributed by atoms with van der Waals surface area (Å²) < 4.78 is 4.55. The fraction of sp³-hybridized carbons (Fsp3) is 0.700. The van der Waals surface area contributed by atoms with Crippen LogP contribution in [0.4, 0.5) is 0 Å². The van der Waals surface area contributed by atoms with Crippen LogP contribution < -0.4 is 0 Å². The summed E-state index contributed by atoms with van der Waals surface area (Å²) in [6, 6.07) is 0. The van der Waals surface area contributed by atoms with Crippen molar-refractivity contribution in [3.63, 3.8) is 0 Å². The number of rotatable bonds is 7. The van der Waals surface area contributed by atoms with Crippen molar-refractivity contribution in [1.82, 2.24) is 5.06 Å². The zero-order chi connectivity index (χ0) is 13.5. The lowest BCUT2D eigenvalue weighted by molar-refractivity contribution is -0.245. The average Bonchev–Trinajstić information content (AvgIpc) is 2.65. The maximum absolute atomic E-state index is 11.1. The zero-order valence-electron chi connectivity index (χ0n) is 9.70. The topological polar surface area (TPSA) is 113 Å². The van der Waals surface area contributed by atoms with E-state index in [1.807, 2.05) is 0 Å². The average molecular weight is 261 g/mol. The normalized spacial score (nSPS) is 17.1. The fourth-order valence-electron chi connectivity index (χ4n) is 1.32. The summed E-state index contributed by atoms with van der Waals surface area (Å²) in [5.74, 6) is -1.63. The molecule has 18 heavy (non-hydrogen) atoms. The largest absolute Gasteiger partial charge is 0.463 e. The van der Waals surface area contributed by atoms with Crippen molar-refractivity contribution in [3.05, 3.63) is 0 Å². The number of hydrogen-bond acceptors (Lipinski definition) is 7. The van der Waals surface area contributed by atoms with E-state index >= 15 is 0 Å². The standard InChI is InChI=1S/C10H15NO7/c12-5-6-17-9(15)3-4-10(16)18-11-7(13)1-2-8(11)14/h10,12,16H,1-6H2. The molecule has 1 heterocycles. The Morgan fingerprint density at radius 1 is 1.33 bits per heavy atom. The molecule has 1 aliphatic heterocycles. The Labute approximate surface area is 103 Å². The molecule has 0 spiro atoms. The first kappa shape index (κ1) is 14.6. The second kappa shape index (κ2) is 7.04. The first-order valence-electron chi connectivity index (χ1n) is 5.51. The predicted molar refractivity (Wildman–Crippen MR) is 55.5 cm³/mol. The highest BCUT2D eigenvalue weighted by atomic mass is 16.8. The Kier molecular flexibility index (Phi) is 5.69. The van der Waals surface area contributed by atoms with E-state index in [0.29, 0.717) is 5.06 Å². The van der Waals surface area contributed by atoms with Crippen molar-refractivity contribution in [3.8, 4) is 0 Å². The van der Waals surface area contributed by atoms with Crippen LogP contribution in [0.5, 0.6) is 0 Å². The molecule has 0 aromatic carbocycles. The molecule has 0 aliphatic carbocycles. The molecule has 0 aromatic heterocycles. The molecule has 102 valence electrons. The Morgan fingerprint density at radius 2 is 1.94 bits per heavy atom. The van der Waals surface area contributed by atoms with Gasteiger partial charge in [-0.3, -0.25) is 14.4 Å². The van der Waals surface area contributed by atoms with E-state index in [1.54, 1.807) is 0 Å². The molecule has 1 atom stereocenters. The molecule has 8 heteroatoms. The van der Waals surface area contributed by atoms with Crippen LogP contribution in [0.15, 0.2) is 0 Å². The number of carbonyl (C=O) groups excluding carboxylic acids is 3. The van der Waals surface area contributed by atoms with Crippen LogP contribution in [0.1, 0.15) is 25.7 Å². The van der Waals surface area contributed by atoms with Crippen LogP contribution in [0, 0.1) is 0 Å². The Balaban J connectivity index is 2.25. The highest BCUT2D eigenvalue weighted by Gasteiger charge is 2.32. The number of hydroxylamine groups is 2. The van der Waals surface area contributed by atoms with Crippen molar-refractivity contribution >= 4 is 17.8 Å². The van der Waals surface area contributed by atoms with Crippen LogP contribution in [-0.2, 0) is 24.0 Å². The molecule has 0 saturated carbocycles. The number of esters is 1. The van der Waals surface area contributed by atoms with Crippen LogP contribution in [0.2, 0.25) is 0 Å². The van der Waals surface area contributed by atoms with Gasteiger partial charge in [0.1, 0.15) is 6.61 Å². The Hall–Kier alpha value is -1.51. The maximum Gasteiger partial charge on any atom is 0.306 e. The van der Waals surface area contributed by atoms with Crippen LogP contribution >= 0.6 is 0 Å². The summed E-state index contributed by atoms with van der Waals surface area (Å²) in [5, 5.41) is 18.3. The molecule has 8 nitrogen and oxygen atoms in total. The van der Waals surface area contributed by atoms with Crippen LogP contribution in [0.3, 0.4) is 0 Å². The van der Waals surface area contributed by atoms with E-state index in [0.717, 1.165) is 0 Å². The summed E-state index contributed by atoms with van der Waals surface area (Å²) in [5.41, 5.74) is 0. The summed E-state index contributed by atoms with van der Waals surface area (Å²) in [6.45, 7) is -0.388. The number of ether oxygens (including phenoxy) is 1. The lowest BCUT2D eigenvalue weighted by Crippen LogP contribution is -2.34. The second-order valence-electron chi connectivity index (χ2n) is 3.62. The smallest absolute Gasteiger partial charge is 0.306 e. The van der Waals surface area contributed by atoms with Crippen molar-refractivity contribution in [1.29, 1.82) is 0 Å². The quantitative estimate of drug-likeness (QED) is 0.332. The third kappa shape index (κ3) is 4.40. The van der Waals surface area contributed by atoms with Gasteiger partial charge in [0, 0.05) is 19.3 Å². The van der Waals surface area contributed by atoms with E-state index in [4.69, 9.17) is 9.94 Å². The number of hydrogen-bond donors (Lipinski definition) is 2. The van der Waals surface area contributed by atoms with Gasteiger partial charge in [0.05, 0.1) is 13.0 Å². The Bertz CT molecular complexity index is 314. The van der Waals surface area contributed by atoms with Gasteiger partial charge in [0.15, 0.2) is 6.29 Å². The lowest BCUT2D eigenvalue weighted by Gasteiger charge is -2.17. The molecule has 0 bridgehead atoms. The van der Waals surface area contributed by atoms with E-state index in [2.05, 4.69) is 4.74 Å². The monoisotopic (exact) mass is 261 g/mol. The van der Waals surface area contributed by atoms with E-state index in [9.17, 15) is 19.5 Å². The van der Waals surface area contributed by atoms with Crippen LogP contribution in [0.25, 0.3) is 0 Å².